The Bertz CT molecular complexity index is 1530. The van der Waals surface area contributed by atoms with Crippen molar-refractivity contribution in [3.63, 3.8) is 0 Å². The third-order valence-corrected chi connectivity index (χ3v) is 6.52. The monoisotopic (exact) mass is 483 g/mol. The van der Waals surface area contributed by atoms with Gasteiger partial charge in [0.05, 0.1) is 5.69 Å². The van der Waals surface area contributed by atoms with E-state index in [0.717, 1.165) is 26.9 Å². The number of halogens is 1. The van der Waals surface area contributed by atoms with Gasteiger partial charge in [0.2, 0.25) is 0 Å². The summed E-state index contributed by atoms with van der Waals surface area (Å²) in [5.41, 5.74) is 4.99. The summed E-state index contributed by atoms with van der Waals surface area (Å²) in [6.07, 6.45) is 3.46. The molecule has 1 aliphatic rings. The first-order valence-corrected chi connectivity index (χ1v) is 11.5. The molecule has 6 nitrogen and oxygen atoms in total. The number of hydrogen-bond acceptors (Lipinski definition) is 3. The number of para-hydroxylation sites is 1. The van der Waals surface area contributed by atoms with Gasteiger partial charge in [-0.25, -0.2) is 9.69 Å². The molecule has 35 heavy (non-hydrogen) atoms. The number of amides is 4. The number of rotatable bonds is 4. The molecule has 1 saturated heterocycles. The van der Waals surface area contributed by atoms with Gasteiger partial charge in [-0.2, -0.15) is 0 Å². The summed E-state index contributed by atoms with van der Waals surface area (Å²) >= 11 is 6.21. The number of nitrogens with zero attached hydrogens (tertiary/aromatic N) is 2. The van der Waals surface area contributed by atoms with Crippen LogP contribution in [0.4, 0.5) is 10.5 Å². The lowest BCUT2D eigenvalue weighted by Gasteiger charge is -2.26. The van der Waals surface area contributed by atoms with Crippen LogP contribution in [0.1, 0.15) is 22.3 Å². The Balaban J connectivity index is 1.56. The topological polar surface area (TPSA) is 71.4 Å². The smallest absolute Gasteiger partial charge is 0.335 e. The fraction of sp³-hybridized carbons (Fsp3) is 0.107. The number of barbiturate groups is 1. The number of benzene rings is 3. The van der Waals surface area contributed by atoms with E-state index >= 15 is 0 Å². The Hall–Kier alpha value is -4.16. The van der Waals surface area contributed by atoms with Crippen molar-refractivity contribution in [3.05, 3.63) is 106 Å². The number of nitrogens with one attached hydrogen (secondary N) is 1. The van der Waals surface area contributed by atoms with Gasteiger partial charge in [0.25, 0.3) is 11.8 Å². The van der Waals surface area contributed by atoms with Crippen LogP contribution in [0, 0.1) is 13.8 Å². The molecule has 0 radical (unpaired) electrons. The van der Waals surface area contributed by atoms with E-state index in [1.54, 1.807) is 18.2 Å². The number of aryl methyl sites for hydroxylation is 2. The maximum atomic E-state index is 13.3. The molecule has 7 heteroatoms. The maximum absolute atomic E-state index is 13.3. The fourth-order valence-corrected chi connectivity index (χ4v) is 4.35. The largest absolute Gasteiger partial charge is 0.342 e. The first-order valence-electron chi connectivity index (χ1n) is 11.1. The van der Waals surface area contributed by atoms with Crippen LogP contribution in [0.25, 0.3) is 17.0 Å². The minimum Gasteiger partial charge on any atom is -0.342 e. The summed E-state index contributed by atoms with van der Waals surface area (Å²) in [6.45, 7) is 4.51. The molecule has 2 heterocycles. The molecule has 0 bridgehead atoms. The first-order chi connectivity index (χ1) is 16.8. The van der Waals surface area contributed by atoms with Crippen LogP contribution in [0.2, 0.25) is 5.02 Å². The number of imide groups is 2. The van der Waals surface area contributed by atoms with Crippen LogP contribution in [0.15, 0.2) is 78.5 Å². The molecular weight excluding hydrogens is 462 g/mol. The van der Waals surface area contributed by atoms with Crippen molar-refractivity contribution in [3.8, 4) is 0 Å². The van der Waals surface area contributed by atoms with Gasteiger partial charge in [0.15, 0.2) is 0 Å². The van der Waals surface area contributed by atoms with Crippen LogP contribution < -0.4 is 10.2 Å². The minimum absolute atomic E-state index is 0.125. The molecule has 4 aromatic rings. The Morgan fingerprint density at radius 2 is 1.69 bits per heavy atom. The predicted molar refractivity (Wildman–Crippen MR) is 137 cm³/mol. The quantitative estimate of drug-likeness (QED) is 0.302. The van der Waals surface area contributed by atoms with Gasteiger partial charge in [-0.05, 0) is 49.2 Å². The zero-order valence-electron chi connectivity index (χ0n) is 19.2. The van der Waals surface area contributed by atoms with Crippen molar-refractivity contribution in [2.45, 2.75) is 20.4 Å². The highest BCUT2D eigenvalue weighted by Gasteiger charge is 2.37. The van der Waals surface area contributed by atoms with E-state index in [2.05, 4.69) is 34.1 Å². The Morgan fingerprint density at radius 1 is 0.943 bits per heavy atom. The average molecular weight is 484 g/mol. The van der Waals surface area contributed by atoms with E-state index in [1.165, 1.54) is 11.6 Å². The Morgan fingerprint density at radius 3 is 2.43 bits per heavy atom. The number of carbonyl (C=O) groups is 3. The van der Waals surface area contributed by atoms with Crippen molar-refractivity contribution in [2.24, 2.45) is 0 Å². The number of urea groups is 1. The predicted octanol–water partition coefficient (Wildman–Crippen LogP) is 5.63. The molecule has 0 saturated carbocycles. The normalized spacial score (nSPS) is 15.2. The maximum Gasteiger partial charge on any atom is 0.335 e. The SMILES string of the molecule is Cc1ccc(Cn2cc(/C=C3/C(=O)NC(=O)N(c4ccc(C)c(Cl)c4)C3=O)c3ccccc32)cc1. The second kappa shape index (κ2) is 8.89. The van der Waals surface area contributed by atoms with Crippen LogP contribution >= 0.6 is 11.6 Å². The van der Waals surface area contributed by atoms with E-state index in [9.17, 15) is 14.4 Å². The number of carbonyl (C=O) groups excluding carboxylic acids is 3. The molecule has 4 amide bonds. The molecule has 0 unspecified atom stereocenters. The van der Waals surface area contributed by atoms with Gasteiger partial charge >= 0.3 is 6.03 Å². The summed E-state index contributed by atoms with van der Waals surface area (Å²) < 4.78 is 2.08. The summed E-state index contributed by atoms with van der Waals surface area (Å²) in [7, 11) is 0. The van der Waals surface area contributed by atoms with E-state index in [-0.39, 0.29) is 5.57 Å². The van der Waals surface area contributed by atoms with Crippen molar-refractivity contribution in [1.82, 2.24) is 9.88 Å². The molecule has 1 aliphatic heterocycles. The molecular formula is C28H22ClN3O3. The molecule has 1 aromatic heterocycles. The number of hydrogen-bond donors (Lipinski definition) is 1. The average Bonchev–Trinajstić information content (AvgIpc) is 3.17. The summed E-state index contributed by atoms with van der Waals surface area (Å²) in [5, 5.41) is 3.59. The molecule has 0 aliphatic carbocycles. The molecule has 0 atom stereocenters. The second-order valence-electron chi connectivity index (χ2n) is 8.61. The minimum atomic E-state index is -0.807. The summed E-state index contributed by atoms with van der Waals surface area (Å²) in [5.74, 6) is -1.43. The summed E-state index contributed by atoms with van der Waals surface area (Å²) in [4.78, 5) is 39.5. The highest BCUT2D eigenvalue weighted by molar-refractivity contribution is 6.39. The van der Waals surface area contributed by atoms with Gasteiger partial charge in [0.1, 0.15) is 5.57 Å². The van der Waals surface area contributed by atoms with Crippen molar-refractivity contribution < 1.29 is 14.4 Å². The van der Waals surface area contributed by atoms with Crippen molar-refractivity contribution >= 4 is 52.1 Å². The lowest BCUT2D eigenvalue weighted by atomic mass is 10.1. The zero-order chi connectivity index (χ0) is 24.7. The first kappa shape index (κ1) is 22.6. The van der Waals surface area contributed by atoms with Gasteiger partial charge in [-0.3, -0.25) is 14.9 Å². The van der Waals surface area contributed by atoms with E-state index < -0.39 is 17.8 Å². The van der Waals surface area contributed by atoms with Crippen molar-refractivity contribution in [1.29, 1.82) is 0 Å². The van der Waals surface area contributed by atoms with E-state index in [4.69, 9.17) is 11.6 Å². The van der Waals surface area contributed by atoms with Crippen molar-refractivity contribution in [2.75, 3.05) is 4.90 Å². The van der Waals surface area contributed by atoms with E-state index in [1.807, 2.05) is 44.3 Å². The summed E-state index contributed by atoms with van der Waals surface area (Å²) in [6, 6.07) is 20.2. The van der Waals surface area contributed by atoms with Gasteiger partial charge in [-0.1, -0.05) is 65.7 Å². The van der Waals surface area contributed by atoms with Gasteiger partial charge < -0.3 is 4.57 Å². The third kappa shape index (κ3) is 4.24. The van der Waals surface area contributed by atoms with Crippen LogP contribution in [0.3, 0.4) is 0 Å². The highest BCUT2D eigenvalue weighted by Crippen LogP contribution is 2.29. The number of anilines is 1. The third-order valence-electron chi connectivity index (χ3n) is 6.11. The van der Waals surface area contributed by atoms with Gasteiger partial charge in [0, 0.05) is 34.2 Å². The lowest BCUT2D eigenvalue weighted by molar-refractivity contribution is -0.122. The Labute approximate surface area is 207 Å². The molecule has 3 aromatic carbocycles. The van der Waals surface area contributed by atoms with Crippen LogP contribution in [0.5, 0.6) is 0 Å². The van der Waals surface area contributed by atoms with Crippen LogP contribution in [-0.4, -0.2) is 22.4 Å². The van der Waals surface area contributed by atoms with Gasteiger partial charge in [-0.15, -0.1) is 0 Å². The fourth-order valence-electron chi connectivity index (χ4n) is 4.18. The van der Waals surface area contributed by atoms with E-state index in [0.29, 0.717) is 22.8 Å². The second-order valence-corrected chi connectivity index (χ2v) is 9.01. The highest BCUT2D eigenvalue weighted by atomic mass is 35.5. The molecule has 1 N–H and O–H groups in total. The Kier molecular flexibility index (Phi) is 5.75. The molecule has 1 fully saturated rings. The number of aromatic nitrogens is 1. The molecule has 174 valence electrons. The molecule has 0 spiro atoms. The lowest BCUT2D eigenvalue weighted by Crippen LogP contribution is -2.54. The zero-order valence-corrected chi connectivity index (χ0v) is 20.0. The standard InChI is InChI=1S/C28H22ClN3O3/c1-17-7-10-19(11-8-17)15-31-16-20(22-5-3-4-6-25(22)31)13-23-26(33)30-28(35)32(27(23)34)21-12-9-18(2)24(29)14-21/h3-14,16H,15H2,1-2H3,(H,30,33,35)/b23-13-. The molecule has 5 rings (SSSR count). The number of fused-ring (bicyclic) bond motifs is 1. The van der Waals surface area contributed by atoms with Crippen LogP contribution in [-0.2, 0) is 16.1 Å².